The van der Waals surface area contributed by atoms with Crippen LogP contribution < -0.4 is 5.56 Å². The number of nitrogens with one attached hydrogen (secondary N) is 1. The van der Waals surface area contributed by atoms with Gasteiger partial charge < -0.3 is 0 Å². The number of hydrogen-bond donors (Lipinski definition) is 1. The number of aromatic amines is 1. The summed E-state index contributed by atoms with van der Waals surface area (Å²) in [4.78, 5) is 16.0. The Hall–Kier alpha value is -1.97. The highest BCUT2D eigenvalue weighted by Gasteiger charge is 2.17. The third-order valence-electron chi connectivity index (χ3n) is 3.46. The Balaban J connectivity index is 2.00. The number of H-pyrrole nitrogens is 1. The van der Waals surface area contributed by atoms with Crippen LogP contribution in [0, 0.1) is 0 Å². The summed E-state index contributed by atoms with van der Waals surface area (Å²) in [6.07, 6.45) is 6.57. The van der Waals surface area contributed by atoms with Crippen LogP contribution in [-0.2, 0) is 19.3 Å². The van der Waals surface area contributed by atoms with Crippen LogP contribution in [0.25, 0.3) is 0 Å². The van der Waals surface area contributed by atoms with Gasteiger partial charge in [0.1, 0.15) is 0 Å². The molecule has 4 heteroatoms. The first-order valence-electron chi connectivity index (χ1n) is 6.34. The third kappa shape index (κ3) is 2.06. The van der Waals surface area contributed by atoms with Gasteiger partial charge in [-0.2, -0.15) is 5.10 Å². The fourth-order valence-electron chi connectivity index (χ4n) is 2.55. The molecule has 2 heterocycles. The van der Waals surface area contributed by atoms with Gasteiger partial charge in [0.15, 0.2) is 0 Å². The second kappa shape index (κ2) is 4.72. The molecule has 2 aromatic heterocycles. The summed E-state index contributed by atoms with van der Waals surface area (Å²) in [5, 5.41) is 6.82. The normalized spacial score (nSPS) is 14.2. The maximum absolute atomic E-state index is 11.7. The molecule has 0 bridgehead atoms. The van der Waals surface area contributed by atoms with Crippen LogP contribution in [0.4, 0.5) is 0 Å². The van der Waals surface area contributed by atoms with Crippen molar-refractivity contribution in [2.75, 3.05) is 0 Å². The lowest BCUT2D eigenvalue weighted by atomic mass is 9.91. The van der Waals surface area contributed by atoms with E-state index >= 15 is 0 Å². The van der Waals surface area contributed by atoms with Gasteiger partial charge in [0.05, 0.1) is 5.69 Å². The lowest BCUT2D eigenvalue weighted by Gasteiger charge is -2.17. The van der Waals surface area contributed by atoms with E-state index in [2.05, 4.69) is 15.2 Å². The Kier molecular flexibility index (Phi) is 2.92. The average Bonchev–Trinajstić information content (AvgIpc) is 2.44. The second-order valence-electron chi connectivity index (χ2n) is 4.66. The van der Waals surface area contributed by atoms with E-state index in [0.29, 0.717) is 6.42 Å². The van der Waals surface area contributed by atoms with Crippen LogP contribution in [0.5, 0.6) is 0 Å². The van der Waals surface area contributed by atoms with Gasteiger partial charge in [-0.3, -0.25) is 9.78 Å². The van der Waals surface area contributed by atoms with E-state index in [1.54, 1.807) is 6.20 Å². The van der Waals surface area contributed by atoms with Gasteiger partial charge in [0, 0.05) is 23.9 Å². The molecule has 0 saturated heterocycles. The van der Waals surface area contributed by atoms with Crippen LogP contribution in [0.3, 0.4) is 0 Å². The van der Waals surface area contributed by atoms with Gasteiger partial charge in [-0.25, -0.2) is 5.10 Å². The molecule has 0 amide bonds. The van der Waals surface area contributed by atoms with Crippen molar-refractivity contribution < 1.29 is 0 Å². The summed E-state index contributed by atoms with van der Waals surface area (Å²) >= 11 is 0. The molecule has 2 aromatic rings. The Morgan fingerprint density at radius 3 is 2.78 bits per heavy atom. The molecule has 3 rings (SSSR count). The standard InChI is InChI=1S/C14H15N3O/c18-14-12-7-2-1-6-11(12)13(16-17-14)9-10-5-3-4-8-15-10/h3-5,8H,1-2,6-7,9H2,(H,17,18). The minimum absolute atomic E-state index is 0.0190. The molecule has 0 fully saturated rings. The minimum atomic E-state index is -0.0190. The van der Waals surface area contributed by atoms with E-state index in [0.717, 1.165) is 48.2 Å². The van der Waals surface area contributed by atoms with Gasteiger partial charge in [-0.15, -0.1) is 0 Å². The topological polar surface area (TPSA) is 58.6 Å². The largest absolute Gasteiger partial charge is 0.268 e. The van der Waals surface area contributed by atoms with Gasteiger partial charge in [0.25, 0.3) is 5.56 Å². The molecule has 0 radical (unpaired) electrons. The maximum atomic E-state index is 11.7. The maximum Gasteiger partial charge on any atom is 0.267 e. The summed E-state index contributed by atoms with van der Waals surface area (Å²) in [6.45, 7) is 0. The van der Waals surface area contributed by atoms with Crippen LogP contribution in [0.15, 0.2) is 29.2 Å². The zero-order chi connectivity index (χ0) is 12.4. The fraction of sp³-hybridized carbons (Fsp3) is 0.357. The first-order chi connectivity index (χ1) is 8.84. The van der Waals surface area contributed by atoms with E-state index in [4.69, 9.17) is 0 Å². The lowest BCUT2D eigenvalue weighted by molar-refractivity contribution is 0.654. The van der Waals surface area contributed by atoms with E-state index in [9.17, 15) is 4.79 Å². The predicted molar refractivity (Wildman–Crippen MR) is 68.5 cm³/mol. The van der Waals surface area contributed by atoms with Crippen LogP contribution >= 0.6 is 0 Å². The van der Waals surface area contributed by atoms with Crippen molar-refractivity contribution in [3.05, 3.63) is 57.3 Å². The molecule has 0 unspecified atom stereocenters. The Morgan fingerprint density at radius 1 is 1.17 bits per heavy atom. The van der Waals surface area contributed by atoms with Gasteiger partial charge in [0.2, 0.25) is 0 Å². The van der Waals surface area contributed by atoms with E-state index in [-0.39, 0.29) is 5.56 Å². The van der Waals surface area contributed by atoms with E-state index in [1.165, 1.54) is 0 Å². The molecule has 0 atom stereocenters. The molecular formula is C14H15N3O. The van der Waals surface area contributed by atoms with Gasteiger partial charge in [-0.1, -0.05) is 6.07 Å². The zero-order valence-corrected chi connectivity index (χ0v) is 10.1. The number of nitrogens with zero attached hydrogens (tertiary/aromatic N) is 2. The number of hydrogen-bond acceptors (Lipinski definition) is 3. The first-order valence-corrected chi connectivity index (χ1v) is 6.34. The zero-order valence-electron chi connectivity index (χ0n) is 10.1. The Labute approximate surface area is 105 Å². The molecule has 1 aliphatic carbocycles. The highest BCUT2D eigenvalue weighted by Crippen LogP contribution is 2.21. The molecule has 4 nitrogen and oxygen atoms in total. The molecule has 0 aliphatic heterocycles. The molecule has 0 spiro atoms. The molecule has 1 N–H and O–H groups in total. The SMILES string of the molecule is O=c1[nH]nc(Cc2ccccn2)c2c1CCCC2. The van der Waals surface area contributed by atoms with Crippen LogP contribution in [0.1, 0.15) is 35.4 Å². The highest BCUT2D eigenvalue weighted by molar-refractivity contribution is 5.32. The van der Waals surface area contributed by atoms with E-state index in [1.807, 2.05) is 18.2 Å². The predicted octanol–water partition coefficient (Wildman–Crippen LogP) is 1.63. The summed E-state index contributed by atoms with van der Waals surface area (Å²) in [5.41, 5.74) is 4.03. The highest BCUT2D eigenvalue weighted by atomic mass is 16.1. The third-order valence-corrected chi connectivity index (χ3v) is 3.46. The van der Waals surface area contributed by atoms with Crippen LogP contribution in [-0.4, -0.2) is 15.2 Å². The van der Waals surface area contributed by atoms with Crippen molar-refractivity contribution in [1.29, 1.82) is 0 Å². The van der Waals surface area contributed by atoms with Gasteiger partial charge >= 0.3 is 0 Å². The smallest absolute Gasteiger partial charge is 0.267 e. The lowest BCUT2D eigenvalue weighted by Crippen LogP contribution is -2.23. The molecule has 92 valence electrons. The second-order valence-corrected chi connectivity index (χ2v) is 4.66. The van der Waals surface area contributed by atoms with Crippen LogP contribution in [0.2, 0.25) is 0 Å². The molecular weight excluding hydrogens is 226 g/mol. The van der Waals surface area contributed by atoms with Crippen molar-refractivity contribution in [3.63, 3.8) is 0 Å². The molecule has 1 aliphatic rings. The quantitative estimate of drug-likeness (QED) is 0.869. The Bertz CT molecular complexity index is 604. The van der Waals surface area contributed by atoms with Crippen molar-refractivity contribution in [3.8, 4) is 0 Å². The minimum Gasteiger partial charge on any atom is -0.268 e. The van der Waals surface area contributed by atoms with Crippen molar-refractivity contribution in [1.82, 2.24) is 15.2 Å². The van der Waals surface area contributed by atoms with Gasteiger partial charge in [-0.05, 0) is 43.4 Å². The molecule has 0 aromatic carbocycles. The summed E-state index contributed by atoms with van der Waals surface area (Å²) < 4.78 is 0. The average molecular weight is 241 g/mol. The molecule has 18 heavy (non-hydrogen) atoms. The monoisotopic (exact) mass is 241 g/mol. The number of rotatable bonds is 2. The number of pyridine rings is 1. The summed E-state index contributed by atoms with van der Waals surface area (Å²) in [7, 11) is 0. The first kappa shape index (κ1) is 11.1. The Morgan fingerprint density at radius 2 is 2.00 bits per heavy atom. The number of fused-ring (bicyclic) bond motifs is 1. The summed E-state index contributed by atoms with van der Waals surface area (Å²) in [6, 6.07) is 5.86. The van der Waals surface area contributed by atoms with Crippen molar-refractivity contribution >= 4 is 0 Å². The van der Waals surface area contributed by atoms with Crippen molar-refractivity contribution in [2.24, 2.45) is 0 Å². The van der Waals surface area contributed by atoms with Crippen molar-refractivity contribution in [2.45, 2.75) is 32.1 Å². The van der Waals surface area contributed by atoms with E-state index < -0.39 is 0 Å². The number of aromatic nitrogens is 3. The summed E-state index contributed by atoms with van der Waals surface area (Å²) in [5.74, 6) is 0. The fourth-order valence-corrected chi connectivity index (χ4v) is 2.55. The molecule has 0 saturated carbocycles.